The molecule has 2 aromatic heterocycles. The predicted molar refractivity (Wildman–Crippen MR) is 147 cm³/mol. The third-order valence-corrected chi connectivity index (χ3v) is 7.84. The summed E-state index contributed by atoms with van der Waals surface area (Å²) in [7, 11) is 0. The summed E-state index contributed by atoms with van der Waals surface area (Å²) in [4.78, 5) is 34.0. The first kappa shape index (κ1) is 27.7. The number of thiazole rings is 1. The number of amides is 2. The zero-order valence-corrected chi connectivity index (χ0v) is 23.0. The Hall–Kier alpha value is -3.28. The first-order chi connectivity index (χ1) is 18.2. The Morgan fingerprint density at radius 3 is 2.63 bits per heavy atom. The number of aryl methyl sites for hydroxylation is 1. The molecule has 11 heteroatoms. The number of nitrogens with two attached hydrogens (primary N) is 1. The standard InChI is InChI=1S/C27H36N6O4S/c1-15(2)24(22-12-23(32-37-22)29-10-9-28)27(36)33-13-20(34)11-21(33)26(35)31-16(3)18-5-7-19(8-6-18)25-17(4)30-14-38-25/h5-8,12,14-16,20-21,24,34H,9-11,13,28H2,1-4H3,(H,29,32)(H,31,35)/t16-,20+,21-,24+/m0/s1. The molecule has 0 unspecified atom stereocenters. The molecule has 0 radical (unpaired) electrons. The lowest BCUT2D eigenvalue weighted by Crippen LogP contribution is -2.48. The van der Waals surface area contributed by atoms with Crippen molar-refractivity contribution in [1.82, 2.24) is 20.4 Å². The highest BCUT2D eigenvalue weighted by Gasteiger charge is 2.43. The number of rotatable bonds is 10. The summed E-state index contributed by atoms with van der Waals surface area (Å²) in [6.07, 6.45) is -0.602. The van der Waals surface area contributed by atoms with Gasteiger partial charge in [0.1, 0.15) is 12.0 Å². The molecule has 2 amide bonds. The highest BCUT2D eigenvalue weighted by Crippen LogP contribution is 2.32. The molecule has 1 aliphatic rings. The van der Waals surface area contributed by atoms with Crippen LogP contribution in [-0.4, -0.2) is 63.7 Å². The SMILES string of the molecule is Cc1ncsc1-c1ccc([C@H](C)NC(=O)[C@@H]2C[C@@H](O)CN2C(=O)[C@@H](c2cc(NCCN)no2)C(C)C)cc1. The zero-order valence-electron chi connectivity index (χ0n) is 22.2. The Labute approximate surface area is 226 Å². The minimum absolute atomic E-state index is 0.0871. The van der Waals surface area contributed by atoms with Crippen LogP contribution in [0.2, 0.25) is 0 Å². The Morgan fingerprint density at radius 2 is 2.00 bits per heavy atom. The zero-order chi connectivity index (χ0) is 27.4. The molecule has 0 spiro atoms. The number of anilines is 1. The van der Waals surface area contributed by atoms with Crippen LogP contribution >= 0.6 is 11.3 Å². The molecule has 5 N–H and O–H groups in total. The van der Waals surface area contributed by atoms with Gasteiger partial charge in [-0.3, -0.25) is 9.59 Å². The quantitative estimate of drug-likeness (QED) is 0.307. The predicted octanol–water partition coefficient (Wildman–Crippen LogP) is 3.06. The molecular formula is C27H36N6O4S. The van der Waals surface area contributed by atoms with Gasteiger partial charge in [-0.1, -0.05) is 43.3 Å². The average Bonchev–Trinajstić information content (AvgIpc) is 3.62. The minimum Gasteiger partial charge on any atom is -0.391 e. The van der Waals surface area contributed by atoms with Gasteiger partial charge in [0.2, 0.25) is 11.8 Å². The summed E-state index contributed by atoms with van der Waals surface area (Å²) >= 11 is 1.59. The second-order valence-electron chi connectivity index (χ2n) is 10.1. The summed E-state index contributed by atoms with van der Waals surface area (Å²) in [5.74, 6) is -0.402. The van der Waals surface area contributed by atoms with Crippen molar-refractivity contribution in [3.05, 3.63) is 52.9 Å². The molecule has 1 fully saturated rings. The third kappa shape index (κ3) is 6.06. The Kier molecular flexibility index (Phi) is 8.80. The summed E-state index contributed by atoms with van der Waals surface area (Å²) < 4.78 is 5.49. The highest BCUT2D eigenvalue weighted by atomic mass is 32.1. The van der Waals surface area contributed by atoms with Gasteiger partial charge in [-0.15, -0.1) is 11.3 Å². The van der Waals surface area contributed by atoms with Crippen LogP contribution in [0.4, 0.5) is 5.82 Å². The number of hydrogen-bond acceptors (Lipinski definition) is 9. The number of hydrogen-bond donors (Lipinski definition) is 4. The number of nitrogens with zero attached hydrogens (tertiary/aromatic N) is 3. The first-order valence-electron chi connectivity index (χ1n) is 12.9. The van der Waals surface area contributed by atoms with Crippen molar-refractivity contribution in [1.29, 1.82) is 0 Å². The number of nitrogens with one attached hydrogen (secondary N) is 2. The Morgan fingerprint density at radius 1 is 1.26 bits per heavy atom. The smallest absolute Gasteiger partial charge is 0.243 e. The first-order valence-corrected chi connectivity index (χ1v) is 13.8. The van der Waals surface area contributed by atoms with Crippen LogP contribution in [0.5, 0.6) is 0 Å². The van der Waals surface area contributed by atoms with Crippen LogP contribution in [0.25, 0.3) is 10.4 Å². The van der Waals surface area contributed by atoms with Gasteiger partial charge in [0.25, 0.3) is 0 Å². The lowest BCUT2D eigenvalue weighted by atomic mass is 9.91. The molecule has 38 heavy (non-hydrogen) atoms. The van der Waals surface area contributed by atoms with E-state index in [0.717, 1.165) is 21.7 Å². The molecule has 1 aromatic carbocycles. The molecule has 10 nitrogen and oxygen atoms in total. The second kappa shape index (κ2) is 12.1. The number of aliphatic hydroxyl groups excluding tert-OH is 1. The molecule has 0 aliphatic carbocycles. The van der Waals surface area contributed by atoms with E-state index in [4.69, 9.17) is 10.3 Å². The Bertz CT molecular complexity index is 1240. The fourth-order valence-electron chi connectivity index (χ4n) is 4.83. The molecule has 3 heterocycles. The van der Waals surface area contributed by atoms with Crippen LogP contribution in [0.3, 0.4) is 0 Å². The highest BCUT2D eigenvalue weighted by molar-refractivity contribution is 7.13. The minimum atomic E-state index is -0.781. The number of carbonyl (C=O) groups is 2. The van der Waals surface area contributed by atoms with E-state index in [1.54, 1.807) is 17.4 Å². The van der Waals surface area contributed by atoms with E-state index in [9.17, 15) is 14.7 Å². The van der Waals surface area contributed by atoms with E-state index in [1.807, 2.05) is 57.5 Å². The number of β-amino-alcohol motifs (C(OH)–C–C–N with tert-alkyl or cyclic N) is 1. The van der Waals surface area contributed by atoms with Crippen molar-refractivity contribution < 1.29 is 19.2 Å². The van der Waals surface area contributed by atoms with E-state index >= 15 is 0 Å². The maximum atomic E-state index is 13.7. The van der Waals surface area contributed by atoms with E-state index in [-0.39, 0.29) is 36.7 Å². The topological polar surface area (TPSA) is 147 Å². The lowest BCUT2D eigenvalue weighted by Gasteiger charge is -2.29. The van der Waals surface area contributed by atoms with Gasteiger partial charge in [0.15, 0.2) is 11.6 Å². The van der Waals surface area contributed by atoms with Crippen LogP contribution in [0.15, 0.2) is 40.4 Å². The molecule has 0 bridgehead atoms. The molecule has 204 valence electrons. The van der Waals surface area contributed by atoms with Crippen molar-refractivity contribution in [2.45, 2.75) is 58.2 Å². The lowest BCUT2D eigenvalue weighted by molar-refractivity contribution is -0.141. The van der Waals surface area contributed by atoms with Crippen molar-refractivity contribution >= 4 is 29.0 Å². The van der Waals surface area contributed by atoms with E-state index in [0.29, 0.717) is 24.7 Å². The van der Waals surface area contributed by atoms with Gasteiger partial charge in [-0.2, -0.15) is 0 Å². The number of aromatic nitrogens is 2. The Balaban J connectivity index is 1.46. The van der Waals surface area contributed by atoms with Gasteiger partial charge < -0.3 is 30.9 Å². The maximum Gasteiger partial charge on any atom is 0.243 e. The van der Waals surface area contributed by atoms with Crippen LogP contribution < -0.4 is 16.4 Å². The second-order valence-corrected chi connectivity index (χ2v) is 10.9. The summed E-state index contributed by atoms with van der Waals surface area (Å²) in [6.45, 7) is 8.77. The molecule has 0 saturated carbocycles. The molecule has 3 aromatic rings. The molecule has 4 rings (SSSR count). The van der Waals surface area contributed by atoms with Crippen molar-refractivity contribution in [2.24, 2.45) is 11.7 Å². The van der Waals surface area contributed by atoms with Gasteiger partial charge in [0.05, 0.1) is 28.2 Å². The normalized spacial score (nSPS) is 19.0. The largest absolute Gasteiger partial charge is 0.391 e. The summed E-state index contributed by atoms with van der Waals surface area (Å²) in [6, 6.07) is 8.66. The fraction of sp³-hybridized carbons (Fsp3) is 0.481. The van der Waals surface area contributed by atoms with Crippen molar-refractivity contribution in [2.75, 3.05) is 25.0 Å². The van der Waals surface area contributed by atoms with Gasteiger partial charge in [-0.05, 0) is 30.9 Å². The number of carbonyl (C=O) groups excluding carboxylic acids is 2. The molecule has 4 atom stereocenters. The van der Waals surface area contributed by atoms with Gasteiger partial charge in [0, 0.05) is 32.1 Å². The van der Waals surface area contributed by atoms with E-state index < -0.39 is 18.1 Å². The van der Waals surface area contributed by atoms with Crippen molar-refractivity contribution in [3.63, 3.8) is 0 Å². The number of aliphatic hydroxyl groups is 1. The van der Waals surface area contributed by atoms with E-state index in [2.05, 4.69) is 20.8 Å². The summed E-state index contributed by atoms with van der Waals surface area (Å²) in [5.41, 5.74) is 10.4. The number of likely N-dealkylation sites (tertiary alicyclic amines) is 1. The van der Waals surface area contributed by atoms with Gasteiger partial charge in [-0.25, -0.2) is 4.98 Å². The van der Waals surface area contributed by atoms with Crippen molar-refractivity contribution in [3.8, 4) is 10.4 Å². The third-order valence-electron chi connectivity index (χ3n) is 6.86. The fourth-order valence-corrected chi connectivity index (χ4v) is 5.65. The van der Waals surface area contributed by atoms with Crippen LogP contribution in [0, 0.1) is 12.8 Å². The summed E-state index contributed by atoms with van der Waals surface area (Å²) in [5, 5.41) is 20.5. The molecule has 1 aliphatic heterocycles. The maximum absolute atomic E-state index is 13.7. The number of benzene rings is 1. The monoisotopic (exact) mass is 540 g/mol. The van der Waals surface area contributed by atoms with Gasteiger partial charge >= 0.3 is 0 Å². The van der Waals surface area contributed by atoms with E-state index in [1.165, 1.54) is 4.90 Å². The molecular weight excluding hydrogens is 504 g/mol. The molecule has 1 saturated heterocycles. The van der Waals surface area contributed by atoms with Crippen LogP contribution in [0.1, 0.15) is 56.2 Å². The average molecular weight is 541 g/mol. The van der Waals surface area contributed by atoms with Crippen LogP contribution in [-0.2, 0) is 9.59 Å².